The number of rotatable bonds is 14. The van der Waals surface area contributed by atoms with Crippen molar-refractivity contribution in [1.82, 2.24) is 5.32 Å². The molecule has 5 aromatic carbocycles. The van der Waals surface area contributed by atoms with E-state index in [9.17, 15) is 5.53 Å². The molecule has 0 saturated heterocycles. The van der Waals surface area contributed by atoms with E-state index in [0.29, 0.717) is 51.2 Å². The van der Waals surface area contributed by atoms with Crippen molar-refractivity contribution in [3.05, 3.63) is 176 Å². The summed E-state index contributed by atoms with van der Waals surface area (Å²) in [5, 5.41) is 17.0. The van der Waals surface area contributed by atoms with Gasteiger partial charge in [-0.2, -0.15) is 0 Å². The number of aliphatic imine (C=N–C) groups is 1. The standard InChI is InChI=1S/C40H35Cl2N5O4/c41-31-18-21-33(35(42)24-31)37-40(25-30-14-7-8-15-36(30)46-47-43,45-38(51-37)29-16-19-32(20-17-29)50-23-9-22-48)39(49)44-26-34(27-10-3-1-4-11-27)28-12-5-2-6-13-28/h1-8,10-21,24,34,37,48H,9,22-23,25-26H2,(H,44,49)/t37-,40-/m1/s1. The molecule has 2 atom stereocenters. The fourth-order valence-electron chi connectivity index (χ4n) is 6.22. The third-order valence-corrected chi connectivity index (χ3v) is 9.31. The van der Waals surface area contributed by atoms with E-state index in [4.69, 9.17) is 42.8 Å². The first-order chi connectivity index (χ1) is 24.9. The van der Waals surface area contributed by atoms with Gasteiger partial charge in [-0.25, -0.2) is 4.99 Å². The van der Waals surface area contributed by atoms with Crippen LogP contribution >= 0.6 is 23.2 Å². The normalized spacial score (nSPS) is 16.5. The number of hydrogen-bond acceptors (Lipinski definition) is 6. The van der Waals surface area contributed by atoms with Crippen LogP contribution in [0, 0.1) is 0 Å². The van der Waals surface area contributed by atoms with Gasteiger partial charge < -0.3 is 19.9 Å². The number of hydrogen-bond donors (Lipinski definition) is 2. The largest absolute Gasteiger partial charge is 0.494 e. The third kappa shape index (κ3) is 8.20. The maximum absolute atomic E-state index is 15.0. The van der Waals surface area contributed by atoms with Crippen LogP contribution in [0.2, 0.25) is 10.0 Å². The van der Waals surface area contributed by atoms with Crippen molar-refractivity contribution < 1.29 is 19.4 Å². The molecule has 0 bridgehead atoms. The Kier molecular flexibility index (Phi) is 11.6. The van der Waals surface area contributed by atoms with Gasteiger partial charge in [-0.1, -0.05) is 119 Å². The van der Waals surface area contributed by atoms with Crippen LogP contribution in [0.15, 0.2) is 138 Å². The minimum Gasteiger partial charge on any atom is -0.494 e. The topological polar surface area (TPSA) is 129 Å². The molecule has 0 fully saturated rings. The lowest BCUT2D eigenvalue weighted by atomic mass is 9.81. The summed E-state index contributed by atoms with van der Waals surface area (Å²) < 4.78 is 12.4. The van der Waals surface area contributed by atoms with E-state index < -0.39 is 17.6 Å². The van der Waals surface area contributed by atoms with Crippen molar-refractivity contribution in [2.45, 2.75) is 30.4 Å². The first-order valence-corrected chi connectivity index (χ1v) is 17.2. The molecule has 2 N–H and O–H groups in total. The van der Waals surface area contributed by atoms with Crippen molar-refractivity contribution in [3.63, 3.8) is 0 Å². The van der Waals surface area contributed by atoms with Crippen LogP contribution in [0.25, 0.3) is 10.4 Å². The number of aliphatic hydroxyl groups excluding tert-OH is 1. The summed E-state index contributed by atoms with van der Waals surface area (Å²) in [4.78, 5) is 23.2. The van der Waals surface area contributed by atoms with Crippen molar-refractivity contribution >= 4 is 40.7 Å². The van der Waals surface area contributed by atoms with Gasteiger partial charge in [0, 0.05) is 63.7 Å². The zero-order valence-electron chi connectivity index (χ0n) is 27.5. The molecule has 258 valence electrons. The van der Waals surface area contributed by atoms with Gasteiger partial charge in [0.2, 0.25) is 5.90 Å². The van der Waals surface area contributed by atoms with Crippen LogP contribution in [-0.2, 0) is 16.0 Å². The molecule has 0 radical (unpaired) electrons. The fraction of sp³-hybridized carbons (Fsp3) is 0.200. The highest BCUT2D eigenvalue weighted by Crippen LogP contribution is 2.46. The summed E-state index contributed by atoms with van der Waals surface area (Å²) in [5.41, 5.74) is 12.0. The van der Waals surface area contributed by atoms with Crippen LogP contribution in [0.5, 0.6) is 5.75 Å². The molecule has 9 nitrogen and oxygen atoms in total. The number of carbonyl (C=O) groups is 1. The lowest BCUT2D eigenvalue weighted by Crippen LogP contribution is -2.50. The molecular weight excluding hydrogens is 685 g/mol. The zero-order valence-corrected chi connectivity index (χ0v) is 29.0. The molecule has 0 spiro atoms. The molecule has 51 heavy (non-hydrogen) atoms. The van der Waals surface area contributed by atoms with E-state index in [0.717, 1.165) is 11.1 Å². The number of aliphatic hydroxyl groups is 1. The summed E-state index contributed by atoms with van der Waals surface area (Å²) in [6.07, 6.45) is -0.472. The Balaban J connectivity index is 1.46. The molecular formula is C40H35Cl2N5O4. The van der Waals surface area contributed by atoms with E-state index in [1.54, 1.807) is 54.6 Å². The SMILES string of the molecule is [N-]=[N+]=Nc1ccccc1C[C@@]1(C(=O)NCC(c2ccccc2)c2ccccc2)N=C(c2ccc(OCCCO)cc2)O[C@@H]1c1ccc(Cl)cc1Cl. The Morgan fingerprint density at radius 2 is 1.61 bits per heavy atom. The van der Waals surface area contributed by atoms with Gasteiger partial charge in [0.25, 0.3) is 5.91 Å². The van der Waals surface area contributed by atoms with Crippen LogP contribution < -0.4 is 10.1 Å². The summed E-state index contributed by atoms with van der Waals surface area (Å²) in [5.74, 6) is 0.283. The van der Waals surface area contributed by atoms with Gasteiger partial charge in [-0.3, -0.25) is 4.79 Å². The highest BCUT2D eigenvalue weighted by atomic mass is 35.5. The van der Waals surface area contributed by atoms with Crippen LogP contribution in [0.3, 0.4) is 0 Å². The second-order valence-electron chi connectivity index (χ2n) is 12.0. The Morgan fingerprint density at radius 1 is 0.941 bits per heavy atom. The molecule has 1 heterocycles. The minimum absolute atomic E-state index is 0.0187. The lowest BCUT2D eigenvalue weighted by molar-refractivity contribution is -0.128. The van der Waals surface area contributed by atoms with Gasteiger partial charge >= 0.3 is 0 Å². The second-order valence-corrected chi connectivity index (χ2v) is 12.9. The van der Waals surface area contributed by atoms with Gasteiger partial charge in [0.05, 0.1) is 6.61 Å². The smallest absolute Gasteiger partial charge is 0.252 e. The molecule has 0 aromatic heterocycles. The quantitative estimate of drug-likeness (QED) is 0.0513. The van der Waals surface area contributed by atoms with Crippen molar-refractivity contribution in [2.75, 3.05) is 19.8 Å². The summed E-state index contributed by atoms with van der Waals surface area (Å²) >= 11 is 13.2. The average molecular weight is 721 g/mol. The first kappa shape index (κ1) is 35.5. The van der Waals surface area contributed by atoms with E-state index in [-0.39, 0.29) is 31.4 Å². The van der Waals surface area contributed by atoms with Crippen LogP contribution in [0.4, 0.5) is 5.69 Å². The van der Waals surface area contributed by atoms with E-state index in [1.807, 2.05) is 72.8 Å². The Morgan fingerprint density at radius 3 is 2.25 bits per heavy atom. The van der Waals surface area contributed by atoms with E-state index >= 15 is 4.79 Å². The molecule has 11 heteroatoms. The molecule has 6 rings (SSSR count). The molecule has 0 aliphatic carbocycles. The van der Waals surface area contributed by atoms with Gasteiger partial charge in [-0.05, 0) is 58.6 Å². The van der Waals surface area contributed by atoms with Crippen LogP contribution in [0.1, 0.15) is 46.3 Å². The molecule has 1 aliphatic rings. The highest BCUT2D eigenvalue weighted by Gasteiger charge is 2.54. The van der Waals surface area contributed by atoms with Crippen molar-refractivity contribution in [3.8, 4) is 5.75 Å². The highest BCUT2D eigenvalue weighted by molar-refractivity contribution is 6.35. The summed E-state index contributed by atoms with van der Waals surface area (Å²) in [6.45, 7) is 0.658. The third-order valence-electron chi connectivity index (χ3n) is 8.75. The summed E-state index contributed by atoms with van der Waals surface area (Å²) in [7, 11) is 0. The molecule has 5 aromatic rings. The number of azide groups is 1. The summed E-state index contributed by atoms with van der Waals surface area (Å²) in [6, 6.07) is 39.3. The molecule has 1 amide bonds. The van der Waals surface area contributed by atoms with Gasteiger partial charge in [0.15, 0.2) is 11.6 Å². The number of ether oxygens (including phenoxy) is 2. The minimum atomic E-state index is -1.61. The number of benzene rings is 5. The molecule has 0 saturated carbocycles. The second kappa shape index (κ2) is 16.6. The van der Waals surface area contributed by atoms with E-state index in [2.05, 4.69) is 15.3 Å². The lowest BCUT2D eigenvalue weighted by Gasteiger charge is -2.32. The molecule has 0 unspecified atom stereocenters. The average Bonchev–Trinajstić information content (AvgIpc) is 3.54. The first-order valence-electron chi connectivity index (χ1n) is 16.5. The predicted octanol–water partition coefficient (Wildman–Crippen LogP) is 9.14. The Hall–Kier alpha value is -5.31. The number of halogens is 2. The van der Waals surface area contributed by atoms with E-state index in [1.165, 1.54) is 0 Å². The van der Waals surface area contributed by atoms with Crippen molar-refractivity contribution in [1.29, 1.82) is 0 Å². The predicted molar refractivity (Wildman–Crippen MR) is 200 cm³/mol. The molecule has 1 aliphatic heterocycles. The zero-order chi connectivity index (χ0) is 35.6. The number of nitrogens with one attached hydrogen (secondary N) is 1. The maximum atomic E-state index is 15.0. The maximum Gasteiger partial charge on any atom is 0.252 e. The number of nitrogens with zero attached hydrogens (tertiary/aromatic N) is 4. The fourth-order valence-corrected chi connectivity index (χ4v) is 6.72. The Bertz CT molecular complexity index is 2000. The number of amides is 1. The number of carbonyl (C=O) groups excluding carboxylic acids is 1. The van der Waals surface area contributed by atoms with Crippen molar-refractivity contribution in [2.24, 2.45) is 10.1 Å². The monoisotopic (exact) mass is 719 g/mol. The van der Waals surface area contributed by atoms with Gasteiger partial charge in [-0.15, -0.1) is 0 Å². The van der Waals surface area contributed by atoms with Crippen LogP contribution in [-0.4, -0.2) is 42.2 Å². The van der Waals surface area contributed by atoms with Gasteiger partial charge in [0.1, 0.15) is 5.75 Å². The Labute approximate surface area is 306 Å².